The molecule has 0 aliphatic carbocycles. The van der Waals surface area contributed by atoms with Gasteiger partial charge in [0.15, 0.2) is 0 Å². The smallest absolute Gasteiger partial charge is 0.135 e. The first-order chi connectivity index (χ1) is 25.7. The number of fused-ring (bicyclic) bond motifs is 12. The van der Waals surface area contributed by atoms with Crippen LogP contribution in [0.1, 0.15) is 0 Å². The van der Waals surface area contributed by atoms with Crippen LogP contribution >= 0.6 is 11.3 Å². The third kappa shape index (κ3) is 4.13. The number of hydrogen-bond donors (Lipinski definition) is 0. The molecule has 52 heavy (non-hydrogen) atoms. The molecule has 0 fully saturated rings. The van der Waals surface area contributed by atoms with Gasteiger partial charge >= 0.3 is 0 Å². The first kappa shape index (κ1) is 28.1. The van der Waals surface area contributed by atoms with Gasteiger partial charge in [-0.15, -0.1) is 11.3 Å². The molecule has 242 valence electrons. The fraction of sp³-hybridized carbons (Fsp3) is 0. The van der Waals surface area contributed by atoms with E-state index in [1.54, 1.807) is 0 Å². The number of benzene rings is 8. The van der Waals surface area contributed by atoms with Crippen LogP contribution in [0.5, 0.6) is 0 Å². The van der Waals surface area contributed by atoms with Crippen LogP contribution in [0.25, 0.3) is 119 Å². The van der Waals surface area contributed by atoms with E-state index in [0.29, 0.717) is 0 Å². The summed E-state index contributed by atoms with van der Waals surface area (Å²) in [5, 5.41) is 9.29. The van der Waals surface area contributed by atoms with Crippen molar-refractivity contribution < 1.29 is 13.3 Å². The summed E-state index contributed by atoms with van der Waals surface area (Å²) in [5.74, 6) is 0. The Labute approximate surface area is 300 Å². The Kier molecular flexibility index (Phi) is 5.65. The van der Waals surface area contributed by atoms with Crippen LogP contribution in [-0.2, 0) is 0 Å². The Morgan fingerprint density at radius 3 is 1.06 bits per heavy atom. The monoisotopic (exact) mass is 682 g/mol. The third-order valence-corrected chi connectivity index (χ3v) is 11.8. The van der Waals surface area contributed by atoms with Crippen molar-refractivity contribution in [1.29, 1.82) is 0 Å². The van der Waals surface area contributed by atoms with Crippen LogP contribution < -0.4 is 0 Å². The fourth-order valence-electron chi connectivity index (χ4n) is 8.08. The lowest BCUT2D eigenvalue weighted by molar-refractivity contribution is 0.668. The van der Waals surface area contributed by atoms with Crippen LogP contribution in [0.15, 0.2) is 171 Å². The Bertz CT molecular complexity index is 3190. The highest BCUT2D eigenvalue weighted by Gasteiger charge is 2.15. The number of thiophene rings is 1. The molecule has 8 aromatic carbocycles. The zero-order valence-corrected chi connectivity index (χ0v) is 28.5. The molecular formula is C48H26O3S. The number of furan rings is 3. The summed E-state index contributed by atoms with van der Waals surface area (Å²) in [6.45, 7) is 0. The van der Waals surface area contributed by atoms with E-state index in [0.717, 1.165) is 88.1 Å². The summed E-state index contributed by atoms with van der Waals surface area (Å²) in [7, 11) is 0. The van der Waals surface area contributed by atoms with E-state index >= 15 is 0 Å². The Hall–Kier alpha value is -6.62. The molecule has 0 atom stereocenters. The summed E-state index contributed by atoms with van der Waals surface area (Å²) in [4.78, 5) is 0. The minimum absolute atomic E-state index is 0.877. The minimum atomic E-state index is 0.877. The first-order valence-corrected chi connectivity index (χ1v) is 18.3. The fourth-order valence-corrected chi connectivity index (χ4v) is 9.17. The molecule has 0 spiro atoms. The molecule has 0 unspecified atom stereocenters. The number of rotatable bonds is 3. The summed E-state index contributed by atoms with van der Waals surface area (Å²) in [6.07, 6.45) is 0. The van der Waals surface area contributed by atoms with Crippen molar-refractivity contribution in [3.63, 3.8) is 0 Å². The first-order valence-electron chi connectivity index (χ1n) is 17.5. The number of hydrogen-bond acceptors (Lipinski definition) is 4. The molecular weight excluding hydrogens is 657 g/mol. The van der Waals surface area contributed by atoms with Gasteiger partial charge in [-0.1, -0.05) is 72.8 Å². The van der Waals surface area contributed by atoms with E-state index in [9.17, 15) is 0 Å². The lowest BCUT2D eigenvalue weighted by atomic mass is 9.98. The molecule has 0 aliphatic heterocycles. The molecule has 0 N–H and O–H groups in total. The standard InChI is InChI=1S/C48H26O3S/c1-3-7-41-33(5-1)35-21-27(9-15-42(35)49-41)28-10-16-43-36(22-28)37-23-29(11-17-44(37)50-43)30-12-18-45-38(24-30)39-25-31(13-19-46(39)51-45)32-14-20-48-40(26-32)34-6-2-4-8-47(34)52-48/h1-26H. The Morgan fingerprint density at radius 2 is 0.577 bits per heavy atom. The lowest BCUT2D eigenvalue weighted by Gasteiger charge is -2.04. The zero-order chi connectivity index (χ0) is 33.9. The van der Waals surface area contributed by atoms with E-state index < -0.39 is 0 Å². The molecule has 0 saturated carbocycles. The maximum Gasteiger partial charge on any atom is 0.135 e. The maximum absolute atomic E-state index is 6.35. The Morgan fingerprint density at radius 1 is 0.250 bits per heavy atom. The van der Waals surface area contributed by atoms with Gasteiger partial charge in [0, 0.05) is 52.5 Å². The van der Waals surface area contributed by atoms with E-state index in [4.69, 9.17) is 13.3 Å². The van der Waals surface area contributed by atoms with Gasteiger partial charge < -0.3 is 13.3 Å². The Balaban J connectivity index is 0.957. The van der Waals surface area contributed by atoms with Crippen LogP contribution in [0.4, 0.5) is 0 Å². The second-order valence-electron chi connectivity index (χ2n) is 13.7. The van der Waals surface area contributed by atoms with E-state index in [1.807, 2.05) is 23.5 Å². The van der Waals surface area contributed by atoms with Crippen molar-refractivity contribution in [1.82, 2.24) is 0 Å². The van der Waals surface area contributed by atoms with Crippen molar-refractivity contribution >= 4 is 97.3 Å². The van der Waals surface area contributed by atoms with Crippen LogP contribution in [0, 0.1) is 0 Å². The van der Waals surface area contributed by atoms with Crippen LogP contribution in [-0.4, -0.2) is 0 Å². The number of para-hydroxylation sites is 1. The third-order valence-electron chi connectivity index (χ3n) is 10.7. The summed E-state index contributed by atoms with van der Waals surface area (Å²) in [5.41, 5.74) is 12.3. The van der Waals surface area contributed by atoms with Crippen molar-refractivity contribution in [3.8, 4) is 33.4 Å². The van der Waals surface area contributed by atoms with Gasteiger partial charge in [0.2, 0.25) is 0 Å². The molecule has 0 bridgehead atoms. The van der Waals surface area contributed by atoms with Gasteiger partial charge in [0.1, 0.15) is 33.5 Å². The van der Waals surface area contributed by atoms with Crippen molar-refractivity contribution in [2.24, 2.45) is 0 Å². The highest BCUT2D eigenvalue weighted by atomic mass is 32.1. The second-order valence-corrected chi connectivity index (χ2v) is 14.7. The van der Waals surface area contributed by atoms with Crippen molar-refractivity contribution in [2.75, 3.05) is 0 Å². The van der Waals surface area contributed by atoms with Gasteiger partial charge in [-0.05, 0) is 118 Å². The summed E-state index contributed by atoms with van der Waals surface area (Å²) < 4.78 is 21.4. The highest BCUT2D eigenvalue weighted by molar-refractivity contribution is 7.25. The van der Waals surface area contributed by atoms with Crippen molar-refractivity contribution in [3.05, 3.63) is 158 Å². The van der Waals surface area contributed by atoms with Gasteiger partial charge in [-0.25, -0.2) is 0 Å². The van der Waals surface area contributed by atoms with Crippen molar-refractivity contribution in [2.45, 2.75) is 0 Å². The predicted octanol–water partition coefficient (Wildman–Crippen LogP) is 14.8. The summed E-state index contributed by atoms with van der Waals surface area (Å²) in [6, 6.07) is 56.2. The molecule has 0 radical (unpaired) electrons. The average Bonchev–Trinajstić information content (AvgIpc) is 3.96. The molecule has 0 saturated heterocycles. The quantitative estimate of drug-likeness (QED) is 0.186. The predicted molar refractivity (Wildman–Crippen MR) is 217 cm³/mol. The zero-order valence-electron chi connectivity index (χ0n) is 27.6. The minimum Gasteiger partial charge on any atom is -0.456 e. The average molecular weight is 683 g/mol. The summed E-state index contributed by atoms with van der Waals surface area (Å²) >= 11 is 1.85. The van der Waals surface area contributed by atoms with Gasteiger partial charge in [-0.3, -0.25) is 0 Å². The highest BCUT2D eigenvalue weighted by Crippen LogP contribution is 2.41. The van der Waals surface area contributed by atoms with Crippen LogP contribution in [0.3, 0.4) is 0 Å². The van der Waals surface area contributed by atoms with E-state index in [2.05, 4.69) is 146 Å². The molecule has 4 heterocycles. The second kappa shape index (κ2) is 10.5. The van der Waals surface area contributed by atoms with Crippen LogP contribution in [0.2, 0.25) is 0 Å². The van der Waals surface area contributed by atoms with E-state index in [1.165, 1.54) is 31.3 Å². The molecule has 0 amide bonds. The lowest BCUT2D eigenvalue weighted by Crippen LogP contribution is -1.80. The molecule has 12 rings (SSSR count). The van der Waals surface area contributed by atoms with Gasteiger partial charge in [0.25, 0.3) is 0 Å². The van der Waals surface area contributed by atoms with Gasteiger partial charge in [-0.2, -0.15) is 0 Å². The van der Waals surface area contributed by atoms with E-state index in [-0.39, 0.29) is 0 Å². The van der Waals surface area contributed by atoms with Gasteiger partial charge in [0.05, 0.1) is 0 Å². The molecule has 3 nitrogen and oxygen atoms in total. The molecule has 0 aliphatic rings. The SMILES string of the molecule is c1ccc2c(c1)oc1ccc(-c3ccc4oc5ccc(-c6ccc7oc8ccc(-c9ccc%10sc%11ccccc%11c%10c9)cc8c7c6)cc5c4c3)cc12. The molecule has 4 aromatic heterocycles. The molecule has 12 aromatic rings. The normalized spacial score (nSPS) is 12.2. The topological polar surface area (TPSA) is 39.4 Å². The molecule has 4 heteroatoms. The maximum atomic E-state index is 6.35. The largest absolute Gasteiger partial charge is 0.456 e.